The van der Waals surface area contributed by atoms with Gasteiger partial charge in [0.2, 0.25) is 5.91 Å². The molecule has 2 N–H and O–H groups in total. The number of hydrogen-bond acceptors (Lipinski definition) is 15. The van der Waals surface area contributed by atoms with E-state index in [0.29, 0.717) is 30.0 Å². The Hall–Kier alpha value is -5.15. The highest BCUT2D eigenvalue weighted by molar-refractivity contribution is 6.10. The van der Waals surface area contributed by atoms with Gasteiger partial charge >= 0.3 is 29.8 Å². The second kappa shape index (κ2) is 19.6. The van der Waals surface area contributed by atoms with Crippen LogP contribution in [0.3, 0.4) is 0 Å². The van der Waals surface area contributed by atoms with Crippen molar-refractivity contribution in [1.29, 1.82) is 0 Å². The number of aliphatic imine (C=N–C) groups is 3. The summed E-state index contributed by atoms with van der Waals surface area (Å²) >= 11 is 0. The van der Waals surface area contributed by atoms with E-state index in [0.717, 1.165) is 28.3 Å². The van der Waals surface area contributed by atoms with Crippen LogP contribution in [-0.2, 0) is 52.5 Å². The van der Waals surface area contributed by atoms with E-state index >= 15 is 0 Å². The molecule has 1 fully saturated rings. The van der Waals surface area contributed by atoms with Crippen LogP contribution in [0.1, 0.15) is 133 Å². The Morgan fingerprint density at radius 3 is 1.88 bits per heavy atom. The molecule has 8 atom stereocenters. The molecule has 5 aliphatic rings. The Morgan fingerprint density at radius 1 is 0.758 bits per heavy atom. The smallest absolute Gasteiger partial charge is 0.306 e. The Bertz CT molecular complexity index is 2200. The largest absolute Gasteiger partial charge is 0.469 e. The van der Waals surface area contributed by atoms with E-state index in [2.05, 4.69) is 37.5 Å². The van der Waals surface area contributed by atoms with Crippen LogP contribution in [-0.4, -0.2) is 106 Å². The third kappa shape index (κ3) is 9.52. The molecular formula is C50H73N5O11. The summed E-state index contributed by atoms with van der Waals surface area (Å²) in [5.41, 5.74) is 1.03. The number of nitrogens with one attached hydrogen (secondary N) is 2. The predicted molar refractivity (Wildman–Crippen MR) is 249 cm³/mol. The molecule has 0 aromatic carbocycles. The molecule has 0 spiro atoms. The lowest BCUT2D eigenvalue weighted by Crippen LogP contribution is -2.55. The molecule has 8 bridgehead atoms. The third-order valence-corrected chi connectivity index (χ3v) is 15.7. The first-order chi connectivity index (χ1) is 30.8. The van der Waals surface area contributed by atoms with Gasteiger partial charge in [0.1, 0.15) is 0 Å². The first-order valence-corrected chi connectivity index (χ1v) is 23.1. The summed E-state index contributed by atoms with van der Waals surface area (Å²) in [7, 11) is 6.70. The van der Waals surface area contributed by atoms with Crippen LogP contribution in [0, 0.1) is 39.4 Å². The topological polar surface area (TPSA) is 210 Å². The number of allylic oxidation sites excluding steroid dienone is 6. The van der Waals surface area contributed by atoms with Crippen molar-refractivity contribution in [2.75, 3.05) is 35.5 Å². The van der Waals surface area contributed by atoms with Crippen molar-refractivity contribution >= 4 is 52.9 Å². The molecule has 66 heavy (non-hydrogen) atoms. The molecule has 5 aliphatic heterocycles. The number of methoxy groups -OCH3 is 5. The summed E-state index contributed by atoms with van der Waals surface area (Å²) < 4.78 is 26.3. The average molecular weight is 920 g/mol. The van der Waals surface area contributed by atoms with Crippen molar-refractivity contribution in [3.05, 3.63) is 34.3 Å². The minimum atomic E-state index is -1.28. The van der Waals surface area contributed by atoms with E-state index < -0.39 is 69.0 Å². The Balaban J connectivity index is 1.98. The van der Waals surface area contributed by atoms with Gasteiger partial charge in [-0.25, -0.2) is 0 Å². The number of fused-ring (bicyclic) bond motifs is 6. The minimum Gasteiger partial charge on any atom is -0.469 e. The summed E-state index contributed by atoms with van der Waals surface area (Å²) in [6, 6.07) is -0.913. The molecule has 0 aliphatic carbocycles. The van der Waals surface area contributed by atoms with Crippen molar-refractivity contribution in [3.63, 3.8) is 0 Å². The van der Waals surface area contributed by atoms with E-state index in [1.807, 2.05) is 48.5 Å². The van der Waals surface area contributed by atoms with Crippen LogP contribution in [0.15, 0.2) is 49.3 Å². The minimum absolute atomic E-state index is 0.00314. The SMILES string of the molecule is COC(=O)CC[C@@H]1C2=C(C)C3=NC([C@H](CC(=O)OC)[C@@]3(C)CCC(=O)OC)[C@]3(C)N=C(/C(C)=C4\NC(=CC(=N2)C1(C)C)C[C@]4(C)CC(=O)NC(C)C)[C@@H](CCC(=O)OC)[C@]3(C)CC(=O)OC. The lowest BCUT2D eigenvalue weighted by molar-refractivity contribution is -0.147. The van der Waals surface area contributed by atoms with Crippen LogP contribution < -0.4 is 10.6 Å². The van der Waals surface area contributed by atoms with Crippen LogP contribution in [0.4, 0.5) is 0 Å². The van der Waals surface area contributed by atoms with Crippen molar-refractivity contribution in [3.8, 4) is 0 Å². The standard InChI is InChI=1S/C50H73N5O11/c1-27(2)51-35(56)25-47(7)24-30-22-34-46(5,6)31(16-18-36(57)62-11)41(53-34)28(3)44-48(8,21-20-38(59)64-13)33(23-39(60)65-14)45(54-44)50(10)49(9,26-40(61)66-15)32(17-19-37(58)63-12)42(55-50)29(4)43(47)52-30/h22,27,31-33,45,52H,16-21,23-26H2,1-15H3,(H,51,56)/b30-22?,41-28?,43-29-/t31-,32-,33+,45?,47-,48-,49+,50+/m1/s1. The fourth-order valence-corrected chi connectivity index (χ4v) is 11.8. The summed E-state index contributed by atoms with van der Waals surface area (Å²) in [5, 5.41) is 6.83. The Kier molecular flexibility index (Phi) is 15.4. The molecule has 1 unspecified atom stereocenters. The van der Waals surface area contributed by atoms with E-state index in [1.54, 1.807) is 0 Å². The molecular weight excluding hydrogens is 847 g/mol. The number of amides is 1. The molecule has 0 radical (unpaired) electrons. The van der Waals surface area contributed by atoms with Gasteiger partial charge in [-0.1, -0.05) is 34.6 Å². The zero-order chi connectivity index (χ0) is 49.3. The summed E-state index contributed by atoms with van der Waals surface area (Å²) in [4.78, 5) is 97.3. The molecule has 0 aromatic heterocycles. The van der Waals surface area contributed by atoms with Gasteiger partial charge in [-0.05, 0) is 77.5 Å². The van der Waals surface area contributed by atoms with Crippen molar-refractivity contribution in [1.82, 2.24) is 10.6 Å². The monoisotopic (exact) mass is 920 g/mol. The van der Waals surface area contributed by atoms with Crippen molar-refractivity contribution in [2.24, 2.45) is 54.4 Å². The summed E-state index contributed by atoms with van der Waals surface area (Å²) in [6.45, 7) is 20.0. The van der Waals surface area contributed by atoms with Gasteiger partial charge in [-0.15, -0.1) is 0 Å². The Morgan fingerprint density at radius 2 is 1.32 bits per heavy atom. The highest BCUT2D eigenvalue weighted by Gasteiger charge is 2.66. The molecule has 0 saturated carbocycles. The van der Waals surface area contributed by atoms with E-state index in [4.69, 9.17) is 38.7 Å². The first kappa shape index (κ1) is 51.8. The number of ether oxygens (including phenoxy) is 5. The number of carbonyl (C=O) groups excluding carboxylic acids is 6. The van der Waals surface area contributed by atoms with Crippen LogP contribution in [0.25, 0.3) is 0 Å². The van der Waals surface area contributed by atoms with Gasteiger partial charge in [0, 0.05) is 105 Å². The van der Waals surface area contributed by atoms with Crippen LogP contribution in [0.5, 0.6) is 0 Å². The first-order valence-electron chi connectivity index (χ1n) is 23.1. The predicted octanol–water partition coefficient (Wildman–Crippen LogP) is 6.71. The van der Waals surface area contributed by atoms with E-state index in [-0.39, 0.29) is 75.2 Å². The fourth-order valence-electron chi connectivity index (χ4n) is 11.8. The molecule has 16 nitrogen and oxygen atoms in total. The highest BCUT2D eigenvalue weighted by Crippen LogP contribution is 2.62. The van der Waals surface area contributed by atoms with Crippen molar-refractivity contribution < 1.29 is 52.5 Å². The molecule has 16 heteroatoms. The van der Waals surface area contributed by atoms with Crippen molar-refractivity contribution in [2.45, 2.75) is 151 Å². The highest BCUT2D eigenvalue weighted by atomic mass is 16.5. The maximum Gasteiger partial charge on any atom is 0.306 e. The quantitative estimate of drug-likeness (QED) is 0.122. The second-order valence-corrected chi connectivity index (χ2v) is 20.6. The molecule has 1 saturated heterocycles. The maximum absolute atomic E-state index is 13.9. The van der Waals surface area contributed by atoms with E-state index in [9.17, 15) is 28.8 Å². The maximum atomic E-state index is 13.9. The number of rotatable bonds is 16. The van der Waals surface area contributed by atoms with Gasteiger partial charge in [0.05, 0.1) is 60.0 Å². The normalized spacial score (nSPS) is 31.9. The fraction of sp³-hybridized carbons (Fsp3) is 0.700. The molecule has 1 amide bonds. The second-order valence-electron chi connectivity index (χ2n) is 20.6. The summed E-state index contributed by atoms with van der Waals surface area (Å²) in [5.74, 6) is -3.86. The molecule has 0 aromatic rings. The molecule has 364 valence electrons. The summed E-state index contributed by atoms with van der Waals surface area (Å²) in [6.07, 6.45) is 3.41. The number of nitrogens with zero attached hydrogens (tertiary/aromatic N) is 3. The Labute approximate surface area is 390 Å². The third-order valence-electron chi connectivity index (χ3n) is 15.7. The average Bonchev–Trinajstić information content (AvgIpc) is 3.89. The van der Waals surface area contributed by atoms with Crippen LogP contribution in [0.2, 0.25) is 0 Å². The zero-order valence-corrected chi connectivity index (χ0v) is 41.9. The number of esters is 5. The molecule has 5 heterocycles. The van der Waals surface area contributed by atoms with Gasteiger partial charge in [0.25, 0.3) is 0 Å². The van der Waals surface area contributed by atoms with E-state index in [1.165, 1.54) is 35.5 Å². The van der Waals surface area contributed by atoms with Crippen LogP contribution >= 0.6 is 0 Å². The zero-order valence-electron chi connectivity index (χ0n) is 41.9. The van der Waals surface area contributed by atoms with Gasteiger partial charge in [-0.2, -0.15) is 0 Å². The molecule has 5 rings (SSSR count). The lowest BCUT2D eigenvalue weighted by Gasteiger charge is -2.48. The number of carbonyl (C=O) groups is 6. The lowest BCUT2D eigenvalue weighted by atomic mass is 9.55. The van der Waals surface area contributed by atoms with Gasteiger partial charge in [-0.3, -0.25) is 43.7 Å². The van der Waals surface area contributed by atoms with Gasteiger partial charge < -0.3 is 34.3 Å². The number of hydrogen-bond donors (Lipinski definition) is 2. The van der Waals surface area contributed by atoms with Gasteiger partial charge in [0.15, 0.2) is 0 Å².